The highest BCUT2D eigenvalue weighted by Gasteiger charge is 2.78. The number of rotatable bonds is 2. The van der Waals surface area contributed by atoms with Crippen molar-refractivity contribution in [3.05, 3.63) is 0 Å². The van der Waals surface area contributed by atoms with Gasteiger partial charge in [0.2, 0.25) is 0 Å². The molecule has 0 aromatic heterocycles. The topological polar surface area (TPSA) is 48.1 Å². The molecular weight excluding hydrogens is 184 g/mol. The Kier molecular flexibility index (Phi) is 2.08. The van der Waals surface area contributed by atoms with E-state index < -0.39 is 11.2 Å². The van der Waals surface area contributed by atoms with Crippen molar-refractivity contribution in [1.82, 2.24) is 0 Å². The van der Waals surface area contributed by atoms with Gasteiger partial charge in [-0.2, -0.15) is 0 Å². The molecule has 0 amide bonds. The van der Waals surface area contributed by atoms with Crippen LogP contribution in [0.5, 0.6) is 0 Å². The van der Waals surface area contributed by atoms with Crippen molar-refractivity contribution < 1.29 is 19.0 Å². The summed E-state index contributed by atoms with van der Waals surface area (Å²) in [6.07, 6.45) is 1.42. The van der Waals surface area contributed by atoms with Gasteiger partial charge in [0.05, 0.1) is 19.8 Å². The molecule has 2 saturated heterocycles. The van der Waals surface area contributed by atoms with Crippen LogP contribution in [0.4, 0.5) is 0 Å². The standard InChI is InChI=1S/C10H16O4/c1-4-9(8(11)12-3)10(14-9)5-6-13-7(10)2/h7H,4-6H2,1-3H3. The first-order chi connectivity index (χ1) is 6.63. The Morgan fingerprint density at radius 2 is 2.36 bits per heavy atom. The first kappa shape index (κ1) is 9.93. The number of carbonyl (C=O) groups is 1. The summed E-state index contributed by atoms with van der Waals surface area (Å²) < 4.78 is 15.9. The van der Waals surface area contributed by atoms with E-state index in [4.69, 9.17) is 14.2 Å². The number of ether oxygens (including phenoxy) is 3. The summed E-state index contributed by atoms with van der Waals surface area (Å²) >= 11 is 0. The molecular formula is C10H16O4. The quantitative estimate of drug-likeness (QED) is 0.490. The van der Waals surface area contributed by atoms with Gasteiger partial charge in [-0.3, -0.25) is 0 Å². The minimum Gasteiger partial charge on any atom is -0.467 e. The molecule has 2 fully saturated rings. The normalized spacial score (nSPS) is 45.5. The summed E-state index contributed by atoms with van der Waals surface area (Å²) in [7, 11) is 1.40. The number of epoxide rings is 1. The highest BCUT2D eigenvalue weighted by molar-refractivity contribution is 5.85. The molecule has 1 spiro atoms. The first-order valence-corrected chi connectivity index (χ1v) is 5.03. The van der Waals surface area contributed by atoms with Crippen molar-refractivity contribution in [3.63, 3.8) is 0 Å². The van der Waals surface area contributed by atoms with Gasteiger partial charge in [0, 0.05) is 6.42 Å². The van der Waals surface area contributed by atoms with Crippen LogP contribution < -0.4 is 0 Å². The van der Waals surface area contributed by atoms with Gasteiger partial charge in [-0.1, -0.05) is 6.92 Å². The summed E-state index contributed by atoms with van der Waals surface area (Å²) in [6, 6.07) is 0. The van der Waals surface area contributed by atoms with Gasteiger partial charge < -0.3 is 14.2 Å². The molecule has 2 aliphatic rings. The molecule has 0 radical (unpaired) electrons. The Morgan fingerprint density at radius 3 is 2.79 bits per heavy atom. The summed E-state index contributed by atoms with van der Waals surface area (Å²) in [4.78, 5) is 11.6. The fraction of sp³-hybridized carbons (Fsp3) is 0.900. The Labute approximate surface area is 83.5 Å². The predicted octanol–water partition coefficient (Wildman–Crippen LogP) is 0.886. The smallest absolute Gasteiger partial charge is 0.341 e. The lowest BCUT2D eigenvalue weighted by molar-refractivity contribution is -0.147. The zero-order chi connectivity index (χ0) is 10.4. The fourth-order valence-corrected chi connectivity index (χ4v) is 2.57. The molecule has 14 heavy (non-hydrogen) atoms. The maximum absolute atomic E-state index is 11.6. The van der Waals surface area contributed by atoms with E-state index in [2.05, 4.69) is 0 Å². The maximum atomic E-state index is 11.6. The van der Waals surface area contributed by atoms with Gasteiger partial charge in [0.15, 0.2) is 5.60 Å². The van der Waals surface area contributed by atoms with E-state index >= 15 is 0 Å². The number of hydrogen-bond donors (Lipinski definition) is 0. The Bertz CT molecular complexity index is 265. The van der Waals surface area contributed by atoms with Crippen LogP contribution in [0.3, 0.4) is 0 Å². The fourth-order valence-electron chi connectivity index (χ4n) is 2.57. The zero-order valence-electron chi connectivity index (χ0n) is 8.83. The second kappa shape index (κ2) is 2.94. The molecule has 0 saturated carbocycles. The van der Waals surface area contributed by atoms with Crippen LogP contribution in [0.25, 0.3) is 0 Å². The third kappa shape index (κ3) is 0.929. The van der Waals surface area contributed by atoms with Crippen LogP contribution in [-0.4, -0.2) is 37.0 Å². The van der Waals surface area contributed by atoms with Gasteiger partial charge in [-0.05, 0) is 13.3 Å². The first-order valence-electron chi connectivity index (χ1n) is 5.03. The van der Waals surface area contributed by atoms with E-state index in [1.807, 2.05) is 13.8 Å². The molecule has 3 unspecified atom stereocenters. The molecule has 4 nitrogen and oxygen atoms in total. The molecule has 80 valence electrons. The van der Waals surface area contributed by atoms with Crippen molar-refractivity contribution in [2.75, 3.05) is 13.7 Å². The molecule has 2 heterocycles. The number of esters is 1. The van der Waals surface area contributed by atoms with Gasteiger partial charge in [0.25, 0.3) is 0 Å². The summed E-state index contributed by atoms with van der Waals surface area (Å²) in [5, 5.41) is 0. The third-order valence-corrected chi connectivity index (χ3v) is 3.51. The SMILES string of the molecule is CCC1(C(=O)OC)OC12CCOC2C. The van der Waals surface area contributed by atoms with Gasteiger partial charge in [-0.25, -0.2) is 4.79 Å². The third-order valence-electron chi connectivity index (χ3n) is 3.51. The minimum absolute atomic E-state index is 0.0125. The number of carbonyl (C=O) groups excluding carboxylic acids is 1. The zero-order valence-corrected chi connectivity index (χ0v) is 8.83. The monoisotopic (exact) mass is 200 g/mol. The highest BCUT2D eigenvalue weighted by Crippen LogP contribution is 2.58. The molecule has 0 aromatic rings. The largest absolute Gasteiger partial charge is 0.467 e. The molecule has 0 N–H and O–H groups in total. The molecule has 0 aromatic carbocycles. The molecule has 4 heteroatoms. The average molecular weight is 200 g/mol. The van der Waals surface area contributed by atoms with E-state index in [9.17, 15) is 4.79 Å². The summed E-state index contributed by atoms with van der Waals surface area (Å²) in [5.74, 6) is -0.266. The Balaban J connectivity index is 2.23. The number of hydrogen-bond acceptors (Lipinski definition) is 4. The van der Waals surface area contributed by atoms with Gasteiger partial charge in [-0.15, -0.1) is 0 Å². The maximum Gasteiger partial charge on any atom is 0.341 e. The highest BCUT2D eigenvalue weighted by atomic mass is 16.7. The van der Waals surface area contributed by atoms with E-state index in [1.165, 1.54) is 7.11 Å². The van der Waals surface area contributed by atoms with Crippen LogP contribution in [0.2, 0.25) is 0 Å². The summed E-state index contributed by atoms with van der Waals surface area (Å²) in [5.41, 5.74) is -1.15. The van der Waals surface area contributed by atoms with Crippen molar-refractivity contribution in [2.24, 2.45) is 0 Å². The number of methoxy groups -OCH3 is 1. The van der Waals surface area contributed by atoms with Crippen LogP contribution in [0.1, 0.15) is 26.7 Å². The predicted molar refractivity (Wildman–Crippen MR) is 48.9 cm³/mol. The van der Waals surface area contributed by atoms with E-state index in [1.54, 1.807) is 0 Å². The molecule has 3 atom stereocenters. The van der Waals surface area contributed by atoms with Crippen LogP contribution in [-0.2, 0) is 19.0 Å². The van der Waals surface area contributed by atoms with Crippen molar-refractivity contribution in [3.8, 4) is 0 Å². The van der Waals surface area contributed by atoms with Crippen LogP contribution >= 0.6 is 0 Å². The van der Waals surface area contributed by atoms with E-state index in [-0.39, 0.29) is 12.1 Å². The summed E-state index contributed by atoms with van der Waals surface area (Å²) in [6.45, 7) is 4.56. The lowest BCUT2D eigenvalue weighted by atomic mass is 9.85. The van der Waals surface area contributed by atoms with E-state index in [0.29, 0.717) is 13.0 Å². The van der Waals surface area contributed by atoms with Crippen molar-refractivity contribution >= 4 is 5.97 Å². The molecule has 2 aliphatic heterocycles. The van der Waals surface area contributed by atoms with Crippen LogP contribution in [0, 0.1) is 0 Å². The van der Waals surface area contributed by atoms with Crippen molar-refractivity contribution in [2.45, 2.75) is 44.0 Å². The van der Waals surface area contributed by atoms with Gasteiger partial charge in [0.1, 0.15) is 5.60 Å². The van der Waals surface area contributed by atoms with Gasteiger partial charge >= 0.3 is 5.97 Å². The van der Waals surface area contributed by atoms with Crippen LogP contribution in [0.15, 0.2) is 0 Å². The Morgan fingerprint density at radius 1 is 1.64 bits per heavy atom. The lowest BCUT2D eigenvalue weighted by Crippen LogP contribution is -2.38. The Hall–Kier alpha value is -0.610. The molecule has 0 aliphatic carbocycles. The molecule has 0 bridgehead atoms. The average Bonchev–Trinajstić information content (AvgIpc) is 2.74. The minimum atomic E-state index is -0.738. The van der Waals surface area contributed by atoms with E-state index in [0.717, 1.165) is 6.42 Å². The molecule has 2 rings (SSSR count). The lowest BCUT2D eigenvalue weighted by Gasteiger charge is -2.14. The second-order valence-electron chi connectivity index (χ2n) is 3.93. The second-order valence-corrected chi connectivity index (χ2v) is 3.93. The van der Waals surface area contributed by atoms with Crippen molar-refractivity contribution in [1.29, 1.82) is 0 Å².